The van der Waals surface area contributed by atoms with Crippen LogP contribution in [-0.4, -0.2) is 36.3 Å². The van der Waals surface area contributed by atoms with E-state index in [2.05, 4.69) is 9.97 Å². The SMILES string of the molecule is Nc1cccc(-c2c(OCc3ccncc3)ccc3c(=O)nc(N4CCOCC4)oc23)c1. The summed E-state index contributed by atoms with van der Waals surface area (Å²) >= 11 is 0. The van der Waals surface area contributed by atoms with Crippen molar-refractivity contribution < 1.29 is 13.9 Å². The number of nitrogens with two attached hydrogens (primary N) is 1. The molecule has 162 valence electrons. The van der Waals surface area contributed by atoms with E-state index >= 15 is 0 Å². The van der Waals surface area contributed by atoms with Gasteiger partial charge in [-0.2, -0.15) is 4.98 Å². The Bertz CT molecular complexity index is 1300. The number of hydrogen-bond donors (Lipinski definition) is 1. The molecule has 0 amide bonds. The van der Waals surface area contributed by atoms with Crippen molar-refractivity contribution in [2.45, 2.75) is 6.61 Å². The first-order valence-electron chi connectivity index (χ1n) is 10.4. The Hall–Kier alpha value is -3.91. The molecule has 1 aliphatic rings. The summed E-state index contributed by atoms with van der Waals surface area (Å²) in [7, 11) is 0. The highest BCUT2D eigenvalue weighted by Crippen LogP contribution is 2.38. The van der Waals surface area contributed by atoms with Gasteiger partial charge in [-0.05, 0) is 47.5 Å². The average Bonchev–Trinajstić information content (AvgIpc) is 2.83. The van der Waals surface area contributed by atoms with Gasteiger partial charge in [0.2, 0.25) is 0 Å². The second kappa shape index (κ2) is 8.68. The lowest BCUT2D eigenvalue weighted by Gasteiger charge is -2.26. The van der Waals surface area contributed by atoms with Crippen molar-refractivity contribution in [1.29, 1.82) is 0 Å². The molecule has 3 heterocycles. The normalized spacial score (nSPS) is 13.9. The van der Waals surface area contributed by atoms with E-state index in [0.29, 0.717) is 60.9 Å². The van der Waals surface area contributed by atoms with Gasteiger partial charge in [-0.3, -0.25) is 9.78 Å². The maximum absolute atomic E-state index is 12.9. The minimum Gasteiger partial charge on any atom is -0.488 e. The highest BCUT2D eigenvalue weighted by Gasteiger charge is 2.21. The molecule has 8 heteroatoms. The number of benzene rings is 2. The maximum atomic E-state index is 12.9. The van der Waals surface area contributed by atoms with Crippen LogP contribution in [0.5, 0.6) is 5.75 Å². The number of nitrogens with zero attached hydrogens (tertiary/aromatic N) is 3. The molecule has 8 nitrogen and oxygen atoms in total. The van der Waals surface area contributed by atoms with Gasteiger partial charge in [0.25, 0.3) is 5.56 Å². The molecule has 0 saturated carbocycles. The number of ether oxygens (including phenoxy) is 2. The van der Waals surface area contributed by atoms with Gasteiger partial charge in [0.15, 0.2) is 5.58 Å². The monoisotopic (exact) mass is 430 g/mol. The quantitative estimate of drug-likeness (QED) is 0.481. The molecule has 1 fully saturated rings. The Kier molecular flexibility index (Phi) is 5.43. The van der Waals surface area contributed by atoms with E-state index in [9.17, 15) is 4.79 Å². The molecular formula is C24H22N4O4. The number of aromatic nitrogens is 2. The Morgan fingerprint density at radius 2 is 1.88 bits per heavy atom. The number of anilines is 2. The first-order valence-corrected chi connectivity index (χ1v) is 10.4. The number of fused-ring (bicyclic) bond motifs is 1. The van der Waals surface area contributed by atoms with Gasteiger partial charge in [-0.1, -0.05) is 12.1 Å². The van der Waals surface area contributed by atoms with Crippen LogP contribution >= 0.6 is 0 Å². The largest absolute Gasteiger partial charge is 0.488 e. The fourth-order valence-corrected chi connectivity index (χ4v) is 3.72. The molecule has 32 heavy (non-hydrogen) atoms. The molecule has 2 N–H and O–H groups in total. The van der Waals surface area contributed by atoms with Gasteiger partial charge >= 0.3 is 6.01 Å². The third-order valence-electron chi connectivity index (χ3n) is 5.34. The summed E-state index contributed by atoms with van der Waals surface area (Å²) < 4.78 is 17.8. The van der Waals surface area contributed by atoms with Gasteiger partial charge < -0.3 is 24.5 Å². The van der Waals surface area contributed by atoms with Gasteiger partial charge in [-0.15, -0.1) is 0 Å². The topological polar surface area (TPSA) is 104 Å². The molecule has 0 atom stereocenters. The predicted molar refractivity (Wildman–Crippen MR) is 122 cm³/mol. The summed E-state index contributed by atoms with van der Waals surface area (Å²) in [6.07, 6.45) is 3.44. The second-order valence-electron chi connectivity index (χ2n) is 7.49. The minimum atomic E-state index is -0.349. The molecule has 4 aromatic rings. The molecule has 2 aromatic heterocycles. The number of pyridine rings is 1. The number of nitrogen functional groups attached to an aromatic ring is 1. The number of morpholine rings is 1. The van der Waals surface area contributed by atoms with Crippen LogP contribution in [-0.2, 0) is 11.3 Å². The minimum absolute atomic E-state index is 0.280. The van der Waals surface area contributed by atoms with Crippen molar-refractivity contribution in [2.24, 2.45) is 0 Å². The zero-order valence-electron chi connectivity index (χ0n) is 17.4. The summed E-state index contributed by atoms with van der Waals surface area (Å²) in [5.74, 6) is 0.585. The average molecular weight is 430 g/mol. The van der Waals surface area contributed by atoms with Crippen LogP contribution < -0.4 is 20.9 Å². The van der Waals surface area contributed by atoms with E-state index in [4.69, 9.17) is 19.6 Å². The first-order chi connectivity index (χ1) is 15.7. The molecule has 0 bridgehead atoms. The van der Waals surface area contributed by atoms with Gasteiger partial charge in [0, 0.05) is 31.2 Å². The van der Waals surface area contributed by atoms with Crippen LogP contribution in [0, 0.1) is 0 Å². The fraction of sp³-hybridized carbons (Fsp3) is 0.208. The van der Waals surface area contributed by atoms with Crippen molar-refractivity contribution >= 4 is 22.7 Å². The Morgan fingerprint density at radius 3 is 2.66 bits per heavy atom. The highest BCUT2D eigenvalue weighted by molar-refractivity contribution is 5.96. The molecule has 0 radical (unpaired) electrons. The maximum Gasteiger partial charge on any atom is 0.301 e. The summed E-state index contributed by atoms with van der Waals surface area (Å²) in [5.41, 5.74) is 9.17. The molecule has 2 aromatic carbocycles. The molecule has 0 spiro atoms. The molecule has 1 aliphatic heterocycles. The molecule has 1 saturated heterocycles. The van der Waals surface area contributed by atoms with Crippen LogP contribution in [0.3, 0.4) is 0 Å². The zero-order chi connectivity index (χ0) is 21.9. The lowest BCUT2D eigenvalue weighted by atomic mass is 10.0. The second-order valence-corrected chi connectivity index (χ2v) is 7.49. The summed E-state index contributed by atoms with van der Waals surface area (Å²) in [5, 5.41) is 0.385. The zero-order valence-corrected chi connectivity index (χ0v) is 17.4. The third-order valence-corrected chi connectivity index (χ3v) is 5.34. The van der Waals surface area contributed by atoms with Crippen LogP contribution in [0.25, 0.3) is 22.1 Å². The Morgan fingerprint density at radius 1 is 1.06 bits per heavy atom. The van der Waals surface area contributed by atoms with Crippen LogP contribution in [0.1, 0.15) is 5.56 Å². The number of hydrogen-bond acceptors (Lipinski definition) is 8. The molecular weight excluding hydrogens is 408 g/mol. The van der Waals surface area contributed by atoms with Crippen molar-refractivity contribution in [2.75, 3.05) is 36.9 Å². The molecule has 5 rings (SSSR count). The lowest BCUT2D eigenvalue weighted by molar-refractivity contribution is 0.120. The van der Waals surface area contributed by atoms with E-state index < -0.39 is 0 Å². The predicted octanol–water partition coefficient (Wildman–Crippen LogP) is 3.25. The molecule has 0 aliphatic carbocycles. The summed E-state index contributed by atoms with van der Waals surface area (Å²) in [6, 6.07) is 14.9. The van der Waals surface area contributed by atoms with Crippen molar-refractivity contribution in [1.82, 2.24) is 9.97 Å². The molecule has 0 unspecified atom stereocenters. The van der Waals surface area contributed by atoms with Crippen LogP contribution in [0.2, 0.25) is 0 Å². The van der Waals surface area contributed by atoms with Gasteiger partial charge in [0.05, 0.1) is 24.2 Å². The van der Waals surface area contributed by atoms with Crippen molar-refractivity contribution in [3.05, 3.63) is 76.8 Å². The summed E-state index contributed by atoms with van der Waals surface area (Å²) in [6.45, 7) is 2.66. The van der Waals surface area contributed by atoms with Crippen LogP contribution in [0.15, 0.2) is 70.1 Å². The van der Waals surface area contributed by atoms with E-state index in [0.717, 1.165) is 11.1 Å². The fourth-order valence-electron chi connectivity index (χ4n) is 3.72. The van der Waals surface area contributed by atoms with E-state index in [1.165, 1.54) is 0 Å². The van der Waals surface area contributed by atoms with Gasteiger partial charge in [-0.25, -0.2) is 0 Å². The number of rotatable bonds is 5. The highest BCUT2D eigenvalue weighted by atomic mass is 16.5. The van der Waals surface area contributed by atoms with Crippen LogP contribution in [0.4, 0.5) is 11.7 Å². The Balaban J connectivity index is 1.66. The lowest BCUT2D eigenvalue weighted by Crippen LogP contribution is -2.37. The van der Waals surface area contributed by atoms with E-state index in [1.54, 1.807) is 24.5 Å². The smallest absolute Gasteiger partial charge is 0.301 e. The van der Waals surface area contributed by atoms with Crippen molar-refractivity contribution in [3.8, 4) is 16.9 Å². The first kappa shape index (κ1) is 20.0. The Labute approximate surface area is 184 Å². The van der Waals surface area contributed by atoms with E-state index in [1.807, 2.05) is 41.3 Å². The van der Waals surface area contributed by atoms with Gasteiger partial charge in [0.1, 0.15) is 12.4 Å². The standard InChI is InChI=1S/C24H22N4O4/c25-18-3-1-2-17(14-18)21-20(31-15-16-6-8-26-9-7-16)5-4-19-22(21)32-24(27-23(19)29)28-10-12-30-13-11-28/h1-9,14H,10-13,15,25H2. The third kappa shape index (κ3) is 4.00. The summed E-state index contributed by atoms with van der Waals surface area (Å²) in [4.78, 5) is 23.0. The van der Waals surface area contributed by atoms with E-state index in [-0.39, 0.29) is 11.6 Å². The van der Waals surface area contributed by atoms with Crippen molar-refractivity contribution in [3.63, 3.8) is 0 Å².